The number of alkyl halides is 3. The Labute approximate surface area is 285 Å². The molecule has 6 nitrogen and oxygen atoms in total. The molecule has 0 aromatic heterocycles. The molecule has 0 unspecified atom stereocenters. The smallest absolute Gasteiger partial charge is 0.195 e. The van der Waals surface area contributed by atoms with Crippen LogP contribution in [0, 0.1) is 34.5 Å². The summed E-state index contributed by atoms with van der Waals surface area (Å²) in [4.78, 5) is 25.7. The van der Waals surface area contributed by atoms with E-state index in [4.69, 9.17) is 4.74 Å². The van der Waals surface area contributed by atoms with Crippen LogP contribution in [0.25, 0.3) is 0 Å². The Morgan fingerprint density at radius 1 is 1.12 bits per heavy atom. The number of rotatable bonds is 12. The minimum Gasteiger partial charge on any atom is -0.489 e. The lowest BCUT2D eigenvalue weighted by atomic mass is 9.47. The van der Waals surface area contributed by atoms with Crippen molar-refractivity contribution in [2.45, 2.75) is 78.1 Å². The number of nitrogens with zero attached hydrogens (tertiary/aromatic N) is 1. The average molecular weight is 686 g/mol. The quantitative estimate of drug-likeness (QED) is 0.220. The highest BCUT2D eigenvalue weighted by molar-refractivity contribution is 8.13. The van der Waals surface area contributed by atoms with Crippen molar-refractivity contribution in [3.8, 4) is 5.75 Å². The summed E-state index contributed by atoms with van der Waals surface area (Å²) in [6, 6.07) is 16.2. The Morgan fingerprint density at radius 2 is 1.81 bits per heavy atom. The maximum Gasteiger partial charge on any atom is 0.195 e. The fourth-order valence-electron chi connectivity index (χ4n) is 8.81. The summed E-state index contributed by atoms with van der Waals surface area (Å²) in [6.45, 7) is 7.45. The number of hydrogen-bond donors (Lipinski definition) is 2. The Kier molecular flexibility index (Phi) is 11.0. The second-order valence-electron chi connectivity index (χ2n) is 14.1. The predicted molar refractivity (Wildman–Crippen MR) is 180 cm³/mol. The molecule has 2 fully saturated rings. The Hall–Kier alpha value is -2.92. The van der Waals surface area contributed by atoms with Gasteiger partial charge >= 0.3 is 0 Å². The first-order valence-electron chi connectivity index (χ1n) is 16.7. The van der Waals surface area contributed by atoms with Gasteiger partial charge in [0.25, 0.3) is 0 Å². The van der Waals surface area contributed by atoms with Gasteiger partial charge in [-0.25, -0.2) is 13.2 Å². The molecule has 2 N–H and O–H groups in total. The van der Waals surface area contributed by atoms with Gasteiger partial charge in [-0.05, 0) is 84.4 Å². The summed E-state index contributed by atoms with van der Waals surface area (Å²) < 4.78 is 53.5. The largest absolute Gasteiger partial charge is 0.489 e. The maximum absolute atomic E-state index is 18.0. The first-order valence-corrected chi connectivity index (χ1v) is 17.6. The van der Waals surface area contributed by atoms with E-state index in [1.807, 2.05) is 68.4 Å². The predicted octanol–water partition coefficient (Wildman–Crippen LogP) is 7.83. The van der Waals surface area contributed by atoms with Crippen molar-refractivity contribution < 1.29 is 37.8 Å². The standard InChI is InChI=1S/C38H46F3NO5S/c1-5-33(44)38(41)32(18-31(40)30-17-28(43)15-16-37(30,38)4)36(3)19-27(34(24(36)2)35(45)48-23-39)21-42(46)20-25-11-13-29(14-12-25)47-22-26-9-7-6-8-10-26/h6-17,24,27,31-34,44,46H,5,18-23H2,1-4H3/t24-,27-,31-,32-,33-,34+,36+,37-,38-/m0/s1. The molecule has 48 heavy (non-hydrogen) atoms. The third-order valence-corrected chi connectivity index (χ3v) is 12.1. The van der Waals surface area contributed by atoms with Gasteiger partial charge in [0.1, 0.15) is 24.5 Å². The summed E-state index contributed by atoms with van der Waals surface area (Å²) in [5, 5.41) is 23.2. The van der Waals surface area contributed by atoms with Gasteiger partial charge in [0, 0.05) is 30.3 Å². The monoisotopic (exact) mass is 685 g/mol. The highest BCUT2D eigenvalue weighted by atomic mass is 32.2. The molecule has 2 saturated carbocycles. The van der Waals surface area contributed by atoms with Crippen LogP contribution in [-0.4, -0.2) is 56.8 Å². The van der Waals surface area contributed by atoms with Gasteiger partial charge in [-0.3, -0.25) is 9.59 Å². The van der Waals surface area contributed by atoms with Crippen LogP contribution >= 0.6 is 11.8 Å². The van der Waals surface area contributed by atoms with E-state index in [1.165, 1.54) is 19.1 Å². The van der Waals surface area contributed by atoms with Crippen molar-refractivity contribution in [3.63, 3.8) is 0 Å². The van der Waals surface area contributed by atoms with Gasteiger partial charge in [0.15, 0.2) is 16.6 Å². The molecule has 0 heterocycles. The van der Waals surface area contributed by atoms with Gasteiger partial charge in [0.05, 0.1) is 6.10 Å². The van der Waals surface area contributed by atoms with Crippen LogP contribution in [0.4, 0.5) is 13.2 Å². The zero-order chi connectivity index (χ0) is 34.9. The molecule has 0 spiro atoms. The maximum atomic E-state index is 18.0. The molecule has 0 bridgehead atoms. The lowest BCUT2D eigenvalue weighted by molar-refractivity contribution is -0.170. The average Bonchev–Trinajstić information content (AvgIpc) is 3.32. The molecule has 260 valence electrons. The summed E-state index contributed by atoms with van der Waals surface area (Å²) in [6.07, 6.45) is 0.688. The van der Waals surface area contributed by atoms with Gasteiger partial charge < -0.3 is 15.1 Å². The number of carbonyl (C=O) groups excluding carboxylic acids is 2. The summed E-state index contributed by atoms with van der Waals surface area (Å²) in [5.74, 6) is -2.56. The normalized spacial score (nSPS) is 33.8. The van der Waals surface area contributed by atoms with Crippen molar-refractivity contribution in [3.05, 3.63) is 89.5 Å². The molecule has 0 saturated heterocycles. The number of benzene rings is 2. The van der Waals surface area contributed by atoms with Gasteiger partial charge in [0.2, 0.25) is 0 Å². The topological polar surface area (TPSA) is 87.1 Å². The fourth-order valence-corrected chi connectivity index (χ4v) is 9.51. The van der Waals surface area contributed by atoms with Crippen LogP contribution in [0.2, 0.25) is 0 Å². The molecule has 3 aliphatic rings. The third-order valence-electron chi connectivity index (χ3n) is 11.5. The minimum atomic E-state index is -2.37. The molecule has 3 aliphatic carbocycles. The number of ether oxygens (including phenoxy) is 1. The Morgan fingerprint density at radius 3 is 2.46 bits per heavy atom. The second-order valence-corrected chi connectivity index (χ2v) is 15.0. The zero-order valence-electron chi connectivity index (χ0n) is 28.0. The van der Waals surface area contributed by atoms with E-state index in [-0.39, 0.29) is 37.9 Å². The summed E-state index contributed by atoms with van der Waals surface area (Å²) in [5.41, 5.74) is -3.12. The number of aliphatic hydroxyl groups excluding tert-OH is 1. The molecule has 0 radical (unpaired) electrons. The number of aliphatic hydroxyl groups is 1. The Balaban J connectivity index is 1.38. The number of allylic oxidation sites excluding steroid dienone is 4. The molecule has 9 atom stereocenters. The summed E-state index contributed by atoms with van der Waals surface area (Å²) in [7, 11) is 0. The number of hydrogen-bond acceptors (Lipinski definition) is 7. The number of ketones is 1. The van der Waals surface area contributed by atoms with Gasteiger partial charge in [-0.1, -0.05) is 81.1 Å². The molecule has 0 aliphatic heterocycles. The molecular weight excluding hydrogens is 639 g/mol. The zero-order valence-corrected chi connectivity index (χ0v) is 28.8. The lowest BCUT2D eigenvalue weighted by Crippen LogP contribution is -2.65. The molecule has 0 amide bonds. The van der Waals surface area contributed by atoms with E-state index in [2.05, 4.69) is 0 Å². The van der Waals surface area contributed by atoms with Crippen LogP contribution in [0.15, 0.2) is 78.4 Å². The van der Waals surface area contributed by atoms with Crippen molar-refractivity contribution in [2.24, 2.45) is 34.5 Å². The number of thioether (sulfide) groups is 1. The van der Waals surface area contributed by atoms with E-state index in [0.717, 1.165) is 22.3 Å². The van der Waals surface area contributed by atoms with E-state index >= 15 is 8.78 Å². The number of halogens is 3. The van der Waals surface area contributed by atoms with Crippen molar-refractivity contribution in [1.29, 1.82) is 0 Å². The van der Waals surface area contributed by atoms with Crippen LogP contribution in [0.3, 0.4) is 0 Å². The number of fused-ring (bicyclic) bond motifs is 1. The number of hydroxylamine groups is 2. The van der Waals surface area contributed by atoms with Gasteiger partial charge in [-0.15, -0.1) is 0 Å². The van der Waals surface area contributed by atoms with Crippen LogP contribution < -0.4 is 4.74 Å². The van der Waals surface area contributed by atoms with E-state index in [9.17, 15) is 24.3 Å². The molecule has 5 rings (SSSR count). The molecule has 2 aromatic carbocycles. The van der Waals surface area contributed by atoms with E-state index in [0.29, 0.717) is 24.1 Å². The van der Waals surface area contributed by atoms with Crippen LogP contribution in [-0.2, 0) is 22.7 Å². The van der Waals surface area contributed by atoms with E-state index < -0.39 is 69.4 Å². The second kappa shape index (κ2) is 14.5. The minimum absolute atomic E-state index is 0.0191. The first kappa shape index (κ1) is 36.4. The molecule has 10 heteroatoms. The molecular formula is C38H46F3NO5S. The lowest BCUT2D eigenvalue weighted by Gasteiger charge is -2.59. The summed E-state index contributed by atoms with van der Waals surface area (Å²) >= 11 is 0.553. The van der Waals surface area contributed by atoms with E-state index in [1.54, 1.807) is 6.92 Å². The third kappa shape index (κ3) is 6.65. The van der Waals surface area contributed by atoms with Crippen molar-refractivity contribution >= 4 is 22.7 Å². The van der Waals surface area contributed by atoms with Gasteiger partial charge in [-0.2, -0.15) is 5.06 Å². The van der Waals surface area contributed by atoms with Crippen molar-refractivity contribution in [2.75, 3.05) is 12.6 Å². The van der Waals surface area contributed by atoms with Crippen LogP contribution in [0.5, 0.6) is 5.75 Å². The number of carbonyl (C=O) groups is 2. The first-order chi connectivity index (χ1) is 22.8. The highest BCUT2D eigenvalue weighted by Crippen LogP contribution is 2.67. The Bertz CT molecular complexity index is 1520. The SMILES string of the molecule is CC[C@H](O)[C@@]1(F)[C@H]([C@]2(C)C[C@@H](CN(O)Cc3ccc(OCc4ccccc4)cc3)[C@H](C(=O)SCF)[C@@H]2C)C[C@H](F)C2=CC(=O)C=C[C@@]21C. The molecule has 2 aromatic rings. The fraction of sp³-hybridized carbons (Fsp3) is 0.526. The van der Waals surface area contributed by atoms with Crippen molar-refractivity contribution in [1.82, 2.24) is 5.06 Å². The van der Waals surface area contributed by atoms with Crippen LogP contribution in [0.1, 0.15) is 58.1 Å². The highest BCUT2D eigenvalue weighted by Gasteiger charge is 2.70.